The van der Waals surface area contributed by atoms with Crippen molar-refractivity contribution in [3.05, 3.63) is 27.7 Å². The van der Waals surface area contributed by atoms with E-state index in [4.69, 9.17) is 23.2 Å². The standard InChI is InChI=1S/C9H7BrCl2S/c10-6-1-2-13-9-4-8(12)7(11)3-5(6)9/h3-4,6H,1-2H2. The minimum Gasteiger partial charge on any atom is -0.126 e. The Hall–Kier alpha value is 0.630. The number of hydrogen-bond acceptors (Lipinski definition) is 1. The zero-order chi connectivity index (χ0) is 9.42. The number of thioether (sulfide) groups is 1. The van der Waals surface area contributed by atoms with Crippen LogP contribution >= 0.6 is 50.9 Å². The summed E-state index contributed by atoms with van der Waals surface area (Å²) in [6, 6.07) is 3.92. The van der Waals surface area contributed by atoms with Crippen LogP contribution in [0.5, 0.6) is 0 Å². The second kappa shape index (κ2) is 4.01. The van der Waals surface area contributed by atoms with Crippen LogP contribution in [-0.2, 0) is 0 Å². The summed E-state index contributed by atoms with van der Waals surface area (Å²) in [5, 5.41) is 1.29. The molecule has 0 aliphatic carbocycles. The molecule has 1 unspecified atom stereocenters. The number of rotatable bonds is 0. The van der Waals surface area contributed by atoms with Crippen LogP contribution in [-0.4, -0.2) is 5.75 Å². The number of fused-ring (bicyclic) bond motifs is 1. The normalized spacial score (nSPS) is 21.3. The molecule has 1 aliphatic rings. The van der Waals surface area contributed by atoms with Gasteiger partial charge in [0.1, 0.15) is 0 Å². The van der Waals surface area contributed by atoms with E-state index < -0.39 is 0 Å². The van der Waals surface area contributed by atoms with Crippen molar-refractivity contribution >= 4 is 50.9 Å². The maximum Gasteiger partial charge on any atom is 0.0603 e. The van der Waals surface area contributed by atoms with Gasteiger partial charge in [-0.15, -0.1) is 11.8 Å². The first-order chi connectivity index (χ1) is 6.18. The van der Waals surface area contributed by atoms with Gasteiger partial charge in [0.05, 0.1) is 10.0 Å². The van der Waals surface area contributed by atoms with Gasteiger partial charge in [0.25, 0.3) is 0 Å². The molecule has 0 nitrogen and oxygen atoms in total. The predicted octanol–water partition coefficient (Wildman–Crippen LogP) is 4.93. The Morgan fingerprint density at radius 3 is 2.77 bits per heavy atom. The summed E-state index contributed by atoms with van der Waals surface area (Å²) in [5.41, 5.74) is 1.27. The average Bonchev–Trinajstić information content (AvgIpc) is 2.09. The highest BCUT2D eigenvalue weighted by molar-refractivity contribution is 9.09. The molecule has 70 valence electrons. The van der Waals surface area contributed by atoms with Crippen molar-refractivity contribution in [2.45, 2.75) is 16.1 Å². The molecule has 4 heteroatoms. The third-order valence-corrected chi connectivity index (χ3v) is 4.80. The van der Waals surface area contributed by atoms with Crippen LogP contribution in [0, 0.1) is 0 Å². The Bertz CT molecular complexity index is 341. The summed E-state index contributed by atoms with van der Waals surface area (Å²) in [6.07, 6.45) is 1.15. The van der Waals surface area contributed by atoms with E-state index in [0.717, 1.165) is 12.2 Å². The molecule has 0 saturated heterocycles. The van der Waals surface area contributed by atoms with Gasteiger partial charge in [0, 0.05) is 9.72 Å². The van der Waals surface area contributed by atoms with Crippen molar-refractivity contribution in [3.63, 3.8) is 0 Å². The van der Waals surface area contributed by atoms with Gasteiger partial charge in [0.2, 0.25) is 0 Å². The summed E-state index contributed by atoms with van der Waals surface area (Å²) in [6.45, 7) is 0. The highest BCUT2D eigenvalue weighted by Gasteiger charge is 2.19. The lowest BCUT2D eigenvalue weighted by Gasteiger charge is -2.20. The molecule has 0 fully saturated rings. The van der Waals surface area contributed by atoms with Crippen molar-refractivity contribution in [1.82, 2.24) is 0 Å². The third kappa shape index (κ3) is 2.01. The SMILES string of the molecule is Clc1cc2c(cc1Cl)C(Br)CCS2. The molecule has 0 bridgehead atoms. The molecule has 1 heterocycles. The third-order valence-electron chi connectivity index (χ3n) is 2.02. The molecule has 0 radical (unpaired) electrons. The number of benzene rings is 1. The quantitative estimate of drug-likeness (QED) is 0.612. The summed E-state index contributed by atoms with van der Waals surface area (Å²) < 4.78 is 0. The Labute approximate surface area is 100 Å². The molecule has 0 saturated carbocycles. The molecule has 0 amide bonds. The van der Waals surface area contributed by atoms with Gasteiger partial charge in [-0.2, -0.15) is 0 Å². The molecular weight excluding hydrogens is 291 g/mol. The first kappa shape index (κ1) is 10.2. The lowest BCUT2D eigenvalue weighted by molar-refractivity contribution is 0.880. The number of halogens is 3. The largest absolute Gasteiger partial charge is 0.126 e. The van der Waals surface area contributed by atoms with Crippen LogP contribution in [0.15, 0.2) is 17.0 Å². The van der Waals surface area contributed by atoms with Crippen LogP contribution in [0.1, 0.15) is 16.8 Å². The van der Waals surface area contributed by atoms with Crippen molar-refractivity contribution in [1.29, 1.82) is 0 Å². The predicted molar refractivity (Wildman–Crippen MR) is 63.5 cm³/mol. The zero-order valence-electron chi connectivity index (χ0n) is 6.69. The average molecular weight is 298 g/mol. The van der Waals surface area contributed by atoms with Crippen molar-refractivity contribution < 1.29 is 0 Å². The summed E-state index contributed by atoms with van der Waals surface area (Å²) in [7, 11) is 0. The molecule has 13 heavy (non-hydrogen) atoms. The van der Waals surface area contributed by atoms with Crippen LogP contribution < -0.4 is 0 Å². The van der Waals surface area contributed by atoms with E-state index in [2.05, 4.69) is 15.9 Å². The smallest absolute Gasteiger partial charge is 0.0603 e. The van der Waals surface area contributed by atoms with Gasteiger partial charge < -0.3 is 0 Å². The van der Waals surface area contributed by atoms with Gasteiger partial charge in [-0.3, -0.25) is 0 Å². The fraction of sp³-hybridized carbons (Fsp3) is 0.333. The fourth-order valence-corrected chi connectivity index (χ4v) is 3.95. The van der Waals surface area contributed by atoms with E-state index in [1.54, 1.807) is 0 Å². The molecule has 1 aromatic carbocycles. The van der Waals surface area contributed by atoms with Gasteiger partial charge in [-0.05, 0) is 29.9 Å². The molecule has 1 aromatic rings. The van der Waals surface area contributed by atoms with Gasteiger partial charge in [0.15, 0.2) is 0 Å². The zero-order valence-corrected chi connectivity index (χ0v) is 10.6. The van der Waals surface area contributed by atoms with E-state index in [-0.39, 0.29) is 0 Å². The lowest BCUT2D eigenvalue weighted by Crippen LogP contribution is -2.01. The van der Waals surface area contributed by atoms with E-state index in [0.29, 0.717) is 14.9 Å². The second-order valence-electron chi connectivity index (χ2n) is 2.91. The van der Waals surface area contributed by atoms with Crippen LogP contribution in [0.3, 0.4) is 0 Å². The van der Waals surface area contributed by atoms with Crippen LogP contribution in [0.2, 0.25) is 10.0 Å². The van der Waals surface area contributed by atoms with Gasteiger partial charge in [-0.25, -0.2) is 0 Å². The van der Waals surface area contributed by atoms with Crippen molar-refractivity contribution in [3.8, 4) is 0 Å². The lowest BCUT2D eigenvalue weighted by atomic mass is 10.1. The van der Waals surface area contributed by atoms with Gasteiger partial charge >= 0.3 is 0 Å². The molecule has 1 aliphatic heterocycles. The maximum atomic E-state index is 5.95. The maximum absolute atomic E-state index is 5.95. The Morgan fingerprint density at radius 2 is 2.00 bits per heavy atom. The second-order valence-corrected chi connectivity index (χ2v) is 5.97. The summed E-state index contributed by atoms with van der Waals surface area (Å²) in [4.78, 5) is 1.68. The minimum absolute atomic E-state index is 0.429. The van der Waals surface area contributed by atoms with E-state index in [1.165, 1.54) is 10.5 Å². The monoisotopic (exact) mass is 296 g/mol. The Kier molecular flexibility index (Phi) is 3.14. The fourth-order valence-electron chi connectivity index (χ4n) is 1.34. The van der Waals surface area contributed by atoms with E-state index in [9.17, 15) is 0 Å². The van der Waals surface area contributed by atoms with Crippen LogP contribution in [0.25, 0.3) is 0 Å². The minimum atomic E-state index is 0.429. The first-order valence-corrected chi connectivity index (χ1v) is 6.60. The van der Waals surface area contributed by atoms with E-state index in [1.807, 2.05) is 23.9 Å². The number of hydrogen-bond donors (Lipinski definition) is 0. The first-order valence-electron chi connectivity index (χ1n) is 3.94. The molecular formula is C9H7BrCl2S. The van der Waals surface area contributed by atoms with Crippen molar-refractivity contribution in [2.24, 2.45) is 0 Å². The van der Waals surface area contributed by atoms with E-state index >= 15 is 0 Å². The van der Waals surface area contributed by atoms with Crippen LogP contribution in [0.4, 0.5) is 0 Å². The summed E-state index contributed by atoms with van der Waals surface area (Å²) >= 11 is 17.4. The highest BCUT2D eigenvalue weighted by atomic mass is 79.9. The molecule has 0 aromatic heterocycles. The number of alkyl halides is 1. The molecule has 0 spiro atoms. The Balaban J connectivity index is 2.52. The van der Waals surface area contributed by atoms with Gasteiger partial charge in [-0.1, -0.05) is 39.1 Å². The molecule has 2 rings (SSSR count). The highest BCUT2D eigenvalue weighted by Crippen LogP contribution is 2.43. The van der Waals surface area contributed by atoms with Crippen molar-refractivity contribution in [2.75, 3.05) is 5.75 Å². The molecule has 0 N–H and O–H groups in total. The Morgan fingerprint density at radius 1 is 1.31 bits per heavy atom. The topological polar surface area (TPSA) is 0 Å². The molecule has 1 atom stereocenters. The summed E-state index contributed by atoms with van der Waals surface area (Å²) in [5.74, 6) is 1.14.